The number of amides is 1. The number of nitrogens with one attached hydrogen (secondary N) is 2. The normalized spacial score (nSPS) is 19.6. The third kappa shape index (κ3) is 4.05. The number of carbonyl (C=O) groups is 1. The van der Waals surface area contributed by atoms with Gasteiger partial charge in [-0.1, -0.05) is 12.1 Å². The highest BCUT2D eigenvalue weighted by molar-refractivity contribution is 7.90. The molecule has 6 heteroatoms. The minimum atomic E-state index is -3.16. The van der Waals surface area contributed by atoms with E-state index in [4.69, 9.17) is 0 Å². The highest BCUT2D eigenvalue weighted by Crippen LogP contribution is 2.12. The Morgan fingerprint density at radius 2 is 2.05 bits per heavy atom. The molecule has 5 nitrogen and oxygen atoms in total. The topological polar surface area (TPSA) is 75.3 Å². The Hall–Kier alpha value is -1.40. The van der Waals surface area contributed by atoms with Crippen molar-refractivity contribution in [1.29, 1.82) is 0 Å². The molecule has 1 aromatic carbocycles. The van der Waals surface area contributed by atoms with Crippen molar-refractivity contribution in [3.8, 4) is 0 Å². The Labute approximate surface area is 119 Å². The van der Waals surface area contributed by atoms with Gasteiger partial charge in [-0.3, -0.25) is 4.79 Å². The minimum Gasteiger partial charge on any atom is -0.352 e. The van der Waals surface area contributed by atoms with Gasteiger partial charge in [0.25, 0.3) is 0 Å². The summed E-state index contributed by atoms with van der Waals surface area (Å²) in [5.74, 6) is 0.100. The standard InChI is InChI=1S/C14H20N2O3S/c1-20(18,19)13-6-4-11(5-7-13)9-16-14(17)12-3-2-8-15-10-12/h4-7,12,15H,2-3,8-10H2,1H3,(H,16,17)/t12-/m1/s1. The van der Waals surface area contributed by atoms with Gasteiger partial charge in [-0.05, 0) is 37.1 Å². The van der Waals surface area contributed by atoms with E-state index in [0.29, 0.717) is 11.4 Å². The van der Waals surface area contributed by atoms with Crippen LogP contribution in [0.15, 0.2) is 29.2 Å². The van der Waals surface area contributed by atoms with Gasteiger partial charge in [0.15, 0.2) is 9.84 Å². The van der Waals surface area contributed by atoms with Crippen LogP contribution in [-0.4, -0.2) is 33.7 Å². The van der Waals surface area contributed by atoms with E-state index in [1.54, 1.807) is 24.3 Å². The van der Waals surface area contributed by atoms with Crippen molar-refractivity contribution in [2.24, 2.45) is 5.92 Å². The fraction of sp³-hybridized carbons (Fsp3) is 0.500. The molecule has 2 N–H and O–H groups in total. The second kappa shape index (κ2) is 6.37. The highest BCUT2D eigenvalue weighted by Gasteiger charge is 2.20. The summed E-state index contributed by atoms with van der Waals surface area (Å²) in [6.45, 7) is 2.15. The molecule has 0 saturated carbocycles. The van der Waals surface area contributed by atoms with E-state index in [-0.39, 0.29) is 11.8 Å². The number of hydrogen-bond acceptors (Lipinski definition) is 4. The molecule has 0 aliphatic carbocycles. The third-order valence-corrected chi connectivity index (χ3v) is 4.61. The van der Waals surface area contributed by atoms with E-state index in [9.17, 15) is 13.2 Å². The Morgan fingerprint density at radius 1 is 1.35 bits per heavy atom. The molecule has 1 atom stereocenters. The molecule has 0 spiro atoms. The quantitative estimate of drug-likeness (QED) is 0.858. The maximum Gasteiger partial charge on any atom is 0.224 e. The zero-order valence-electron chi connectivity index (χ0n) is 11.6. The van der Waals surface area contributed by atoms with E-state index in [1.165, 1.54) is 6.26 Å². The summed E-state index contributed by atoms with van der Waals surface area (Å²) < 4.78 is 22.7. The molecule has 1 aliphatic heterocycles. The minimum absolute atomic E-state index is 0.0408. The molecular formula is C14H20N2O3S. The van der Waals surface area contributed by atoms with Gasteiger partial charge in [0.05, 0.1) is 10.8 Å². The Morgan fingerprint density at radius 3 is 2.60 bits per heavy atom. The van der Waals surface area contributed by atoms with Crippen LogP contribution in [0, 0.1) is 5.92 Å². The molecule has 0 radical (unpaired) electrons. The number of carbonyl (C=O) groups excluding carboxylic acids is 1. The van der Waals surface area contributed by atoms with Crippen molar-refractivity contribution in [1.82, 2.24) is 10.6 Å². The fourth-order valence-electron chi connectivity index (χ4n) is 2.26. The highest BCUT2D eigenvalue weighted by atomic mass is 32.2. The van der Waals surface area contributed by atoms with Gasteiger partial charge >= 0.3 is 0 Å². The van der Waals surface area contributed by atoms with Crippen molar-refractivity contribution in [2.45, 2.75) is 24.3 Å². The van der Waals surface area contributed by atoms with Crippen molar-refractivity contribution >= 4 is 15.7 Å². The summed E-state index contributed by atoms with van der Waals surface area (Å²) >= 11 is 0. The lowest BCUT2D eigenvalue weighted by molar-refractivity contribution is -0.125. The van der Waals surface area contributed by atoms with Gasteiger partial charge in [-0.2, -0.15) is 0 Å². The van der Waals surface area contributed by atoms with E-state index < -0.39 is 9.84 Å². The van der Waals surface area contributed by atoms with Crippen LogP contribution in [0.25, 0.3) is 0 Å². The van der Waals surface area contributed by atoms with Gasteiger partial charge < -0.3 is 10.6 Å². The summed E-state index contributed by atoms with van der Waals surface area (Å²) in [4.78, 5) is 12.2. The number of hydrogen-bond donors (Lipinski definition) is 2. The molecule has 110 valence electrons. The number of rotatable bonds is 4. The Bertz CT molecular complexity index is 561. The maximum absolute atomic E-state index is 12.0. The molecule has 1 aliphatic rings. The average Bonchev–Trinajstić information content (AvgIpc) is 2.45. The smallest absolute Gasteiger partial charge is 0.224 e. The maximum atomic E-state index is 12.0. The predicted molar refractivity (Wildman–Crippen MR) is 77.0 cm³/mol. The molecule has 0 bridgehead atoms. The van der Waals surface area contributed by atoms with Gasteiger partial charge in [-0.15, -0.1) is 0 Å². The van der Waals surface area contributed by atoms with Gasteiger partial charge in [0.1, 0.15) is 0 Å². The summed E-state index contributed by atoms with van der Waals surface area (Å²) in [5.41, 5.74) is 0.898. The lowest BCUT2D eigenvalue weighted by Gasteiger charge is -2.21. The summed E-state index contributed by atoms with van der Waals surface area (Å²) in [7, 11) is -3.16. The van der Waals surface area contributed by atoms with Gasteiger partial charge in [0, 0.05) is 19.3 Å². The number of piperidine rings is 1. The Balaban J connectivity index is 1.89. The van der Waals surface area contributed by atoms with Crippen LogP contribution in [0.1, 0.15) is 18.4 Å². The molecule has 0 unspecified atom stereocenters. The van der Waals surface area contributed by atoms with Crippen molar-refractivity contribution in [3.63, 3.8) is 0 Å². The molecule has 2 rings (SSSR count). The molecule has 0 aromatic heterocycles. The predicted octanol–water partition coefficient (Wildman–Crippen LogP) is 0.706. The average molecular weight is 296 g/mol. The van der Waals surface area contributed by atoms with Crippen LogP contribution in [-0.2, 0) is 21.2 Å². The first kappa shape index (κ1) is 15.0. The molecule has 1 fully saturated rings. The lowest BCUT2D eigenvalue weighted by Crippen LogP contribution is -2.40. The SMILES string of the molecule is CS(=O)(=O)c1ccc(CNC(=O)[C@@H]2CCCNC2)cc1. The van der Waals surface area contributed by atoms with Crippen LogP contribution in [0.2, 0.25) is 0 Å². The molecule has 1 amide bonds. The number of sulfone groups is 1. The largest absolute Gasteiger partial charge is 0.352 e. The lowest BCUT2D eigenvalue weighted by atomic mass is 9.99. The van der Waals surface area contributed by atoms with Crippen molar-refractivity contribution in [3.05, 3.63) is 29.8 Å². The van der Waals surface area contributed by atoms with Gasteiger partial charge in [-0.25, -0.2) is 8.42 Å². The summed E-state index contributed by atoms with van der Waals surface area (Å²) in [5, 5.41) is 6.11. The summed E-state index contributed by atoms with van der Waals surface area (Å²) in [6.07, 6.45) is 3.13. The number of benzene rings is 1. The third-order valence-electron chi connectivity index (χ3n) is 3.49. The molecule has 1 saturated heterocycles. The summed E-state index contributed by atoms with van der Waals surface area (Å²) in [6, 6.07) is 6.60. The van der Waals surface area contributed by atoms with Crippen LogP contribution in [0.3, 0.4) is 0 Å². The Kier molecular flexibility index (Phi) is 4.77. The van der Waals surface area contributed by atoms with E-state index in [0.717, 1.165) is 31.5 Å². The van der Waals surface area contributed by atoms with E-state index >= 15 is 0 Å². The second-order valence-electron chi connectivity index (χ2n) is 5.18. The molecule has 20 heavy (non-hydrogen) atoms. The fourth-order valence-corrected chi connectivity index (χ4v) is 2.89. The molecule has 1 aromatic rings. The first-order valence-electron chi connectivity index (χ1n) is 6.74. The monoisotopic (exact) mass is 296 g/mol. The molecule has 1 heterocycles. The second-order valence-corrected chi connectivity index (χ2v) is 7.19. The van der Waals surface area contributed by atoms with E-state index in [2.05, 4.69) is 10.6 Å². The van der Waals surface area contributed by atoms with Crippen LogP contribution < -0.4 is 10.6 Å². The van der Waals surface area contributed by atoms with Crippen LogP contribution >= 0.6 is 0 Å². The zero-order chi connectivity index (χ0) is 14.6. The first-order chi connectivity index (χ1) is 9.47. The van der Waals surface area contributed by atoms with Crippen LogP contribution in [0.5, 0.6) is 0 Å². The first-order valence-corrected chi connectivity index (χ1v) is 8.63. The van der Waals surface area contributed by atoms with Crippen LogP contribution in [0.4, 0.5) is 0 Å². The molecular weight excluding hydrogens is 276 g/mol. The van der Waals surface area contributed by atoms with Gasteiger partial charge in [0.2, 0.25) is 5.91 Å². The zero-order valence-corrected chi connectivity index (χ0v) is 12.4. The van der Waals surface area contributed by atoms with E-state index in [1.807, 2.05) is 0 Å². The van der Waals surface area contributed by atoms with Crippen molar-refractivity contribution in [2.75, 3.05) is 19.3 Å². The van der Waals surface area contributed by atoms with Crippen molar-refractivity contribution < 1.29 is 13.2 Å².